The van der Waals surface area contributed by atoms with Crippen molar-refractivity contribution >= 4 is 0 Å². The molecule has 0 bridgehead atoms. The van der Waals surface area contributed by atoms with Gasteiger partial charge in [-0.1, -0.05) is 83.9 Å². The first-order chi connectivity index (χ1) is 8.38. The van der Waals surface area contributed by atoms with Gasteiger partial charge in [-0.25, -0.2) is 0 Å². The highest BCUT2D eigenvalue weighted by molar-refractivity contribution is 5.24. The number of allylic oxidation sites excluding steroid dienone is 6. The fourth-order valence-corrected chi connectivity index (χ4v) is 1.90. The second-order valence-electron chi connectivity index (χ2n) is 3.65. The summed E-state index contributed by atoms with van der Waals surface area (Å²) >= 11 is 0. The molecule has 0 nitrogen and oxygen atoms in total. The Morgan fingerprint density at radius 1 is 1.00 bits per heavy atom. The zero-order chi connectivity index (χ0) is 13.5. The molecular weight excluding hydrogens is 204 g/mol. The van der Waals surface area contributed by atoms with Gasteiger partial charge in [-0.3, -0.25) is 0 Å². The van der Waals surface area contributed by atoms with E-state index in [0.717, 1.165) is 12.3 Å². The summed E-state index contributed by atoms with van der Waals surface area (Å²) in [4.78, 5) is 0. The Labute approximate surface area is 110 Å². The van der Waals surface area contributed by atoms with Crippen LogP contribution in [0.1, 0.15) is 67.2 Å². The molecule has 0 saturated heterocycles. The van der Waals surface area contributed by atoms with Crippen LogP contribution in [-0.2, 0) is 0 Å². The Kier molecular flexibility index (Phi) is 16.6. The maximum absolute atomic E-state index is 2.30. The minimum absolute atomic E-state index is 0.803. The molecule has 0 aromatic carbocycles. The second-order valence-corrected chi connectivity index (χ2v) is 3.65. The third kappa shape index (κ3) is 8.97. The van der Waals surface area contributed by atoms with Gasteiger partial charge in [-0.2, -0.15) is 0 Å². The smallest absolute Gasteiger partial charge is 0.0130 e. The van der Waals surface area contributed by atoms with Crippen molar-refractivity contribution in [3.63, 3.8) is 0 Å². The van der Waals surface area contributed by atoms with Crippen molar-refractivity contribution in [2.75, 3.05) is 0 Å². The van der Waals surface area contributed by atoms with Crippen LogP contribution >= 0.6 is 0 Å². The Hall–Kier alpha value is -0.780. The zero-order valence-corrected chi connectivity index (χ0v) is 12.8. The molecule has 17 heavy (non-hydrogen) atoms. The van der Waals surface area contributed by atoms with Gasteiger partial charge in [0.1, 0.15) is 0 Å². The molecule has 0 N–H and O–H groups in total. The van der Waals surface area contributed by atoms with Crippen molar-refractivity contribution in [1.82, 2.24) is 0 Å². The lowest BCUT2D eigenvalue weighted by atomic mass is 9.90. The van der Waals surface area contributed by atoms with Crippen LogP contribution in [0.5, 0.6) is 0 Å². The second kappa shape index (κ2) is 15.2. The Balaban J connectivity index is 0. The molecule has 1 aliphatic rings. The van der Waals surface area contributed by atoms with E-state index in [0.29, 0.717) is 0 Å². The summed E-state index contributed by atoms with van der Waals surface area (Å²) < 4.78 is 0. The van der Waals surface area contributed by atoms with Crippen molar-refractivity contribution in [2.24, 2.45) is 5.92 Å². The van der Waals surface area contributed by atoms with Gasteiger partial charge < -0.3 is 0 Å². The standard InChI is InChI=1S/C13H20.2C2H6/c1-3-9-12(4-2)13-10-7-5-6-8-11-13;2*1-2/h5-8,10,12H,3-4,9,11H2,1-2H3;2*1-2H3. The predicted octanol–water partition coefficient (Wildman–Crippen LogP) is 6.31. The maximum Gasteiger partial charge on any atom is -0.0130 e. The molecule has 1 rings (SSSR count). The molecule has 0 heteroatoms. The minimum Gasteiger partial charge on any atom is -0.0805 e. The molecule has 0 saturated carbocycles. The lowest BCUT2D eigenvalue weighted by molar-refractivity contribution is 0.526. The average Bonchev–Trinajstić information content (AvgIpc) is 2.69. The van der Waals surface area contributed by atoms with Crippen LogP contribution in [0.25, 0.3) is 0 Å². The van der Waals surface area contributed by atoms with Crippen molar-refractivity contribution in [3.8, 4) is 0 Å². The van der Waals surface area contributed by atoms with Gasteiger partial charge in [0.2, 0.25) is 0 Å². The lowest BCUT2D eigenvalue weighted by Crippen LogP contribution is -2.01. The summed E-state index contributed by atoms with van der Waals surface area (Å²) in [5.41, 5.74) is 1.61. The number of hydrogen-bond donors (Lipinski definition) is 0. The van der Waals surface area contributed by atoms with Crippen LogP contribution in [0.3, 0.4) is 0 Å². The maximum atomic E-state index is 2.30. The SMILES string of the molecule is CC.CC.CCCC(CC)C1=CC=CC=CC1. The Bertz CT molecular complexity index is 218. The summed E-state index contributed by atoms with van der Waals surface area (Å²) in [7, 11) is 0. The lowest BCUT2D eigenvalue weighted by Gasteiger charge is -2.16. The van der Waals surface area contributed by atoms with Gasteiger partial charge in [-0.05, 0) is 25.2 Å². The molecular formula is C17H32. The van der Waals surface area contributed by atoms with Crippen LogP contribution in [0.2, 0.25) is 0 Å². The fourth-order valence-electron chi connectivity index (χ4n) is 1.90. The molecule has 100 valence electrons. The molecule has 1 unspecified atom stereocenters. The highest BCUT2D eigenvalue weighted by Gasteiger charge is 2.09. The first kappa shape index (κ1) is 18.6. The Morgan fingerprint density at radius 3 is 2.18 bits per heavy atom. The van der Waals surface area contributed by atoms with Gasteiger partial charge >= 0.3 is 0 Å². The minimum atomic E-state index is 0.803. The molecule has 0 aromatic rings. The molecule has 0 aromatic heterocycles. The molecule has 1 atom stereocenters. The molecule has 0 aliphatic heterocycles. The largest absolute Gasteiger partial charge is 0.0805 e. The normalized spacial score (nSPS) is 14.6. The third-order valence-corrected chi connectivity index (χ3v) is 2.68. The highest BCUT2D eigenvalue weighted by Crippen LogP contribution is 2.24. The van der Waals surface area contributed by atoms with E-state index in [9.17, 15) is 0 Å². The monoisotopic (exact) mass is 236 g/mol. The van der Waals surface area contributed by atoms with Crippen molar-refractivity contribution in [3.05, 3.63) is 36.0 Å². The van der Waals surface area contributed by atoms with E-state index in [1.165, 1.54) is 19.3 Å². The van der Waals surface area contributed by atoms with Gasteiger partial charge in [-0.15, -0.1) is 0 Å². The van der Waals surface area contributed by atoms with E-state index >= 15 is 0 Å². The van der Waals surface area contributed by atoms with E-state index < -0.39 is 0 Å². The van der Waals surface area contributed by atoms with Gasteiger partial charge in [0, 0.05) is 0 Å². The molecule has 0 heterocycles. The van der Waals surface area contributed by atoms with Crippen molar-refractivity contribution in [2.45, 2.75) is 67.2 Å². The molecule has 0 radical (unpaired) electrons. The quantitative estimate of drug-likeness (QED) is 0.536. The first-order valence-electron chi connectivity index (χ1n) is 7.40. The molecule has 0 amide bonds. The van der Waals surface area contributed by atoms with E-state index in [4.69, 9.17) is 0 Å². The molecule has 0 spiro atoms. The summed E-state index contributed by atoms with van der Waals surface area (Å²) in [6, 6.07) is 0. The van der Waals surface area contributed by atoms with E-state index in [1.54, 1.807) is 5.57 Å². The zero-order valence-electron chi connectivity index (χ0n) is 12.8. The van der Waals surface area contributed by atoms with E-state index in [2.05, 4.69) is 44.2 Å². The summed E-state index contributed by atoms with van der Waals surface area (Å²) in [6.07, 6.45) is 16.0. The van der Waals surface area contributed by atoms with Gasteiger partial charge in [0.15, 0.2) is 0 Å². The molecule has 1 aliphatic carbocycles. The van der Waals surface area contributed by atoms with Crippen LogP contribution < -0.4 is 0 Å². The van der Waals surface area contributed by atoms with Crippen molar-refractivity contribution < 1.29 is 0 Å². The summed E-state index contributed by atoms with van der Waals surface area (Å²) in [6.45, 7) is 12.6. The van der Waals surface area contributed by atoms with Crippen LogP contribution in [-0.4, -0.2) is 0 Å². The highest BCUT2D eigenvalue weighted by atomic mass is 14.1. The summed E-state index contributed by atoms with van der Waals surface area (Å²) in [5, 5.41) is 0. The first-order valence-corrected chi connectivity index (χ1v) is 7.40. The average molecular weight is 236 g/mol. The molecule has 0 fully saturated rings. The van der Waals surface area contributed by atoms with E-state index in [1.807, 2.05) is 27.7 Å². The topological polar surface area (TPSA) is 0 Å². The predicted molar refractivity (Wildman–Crippen MR) is 82.4 cm³/mol. The Morgan fingerprint density at radius 2 is 1.65 bits per heavy atom. The van der Waals surface area contributed by atoms with Crippen molar-refractivity contribution in [1.29, 1.82) is 0 Å². The summed E-state index contributed by atoms with van der Waals surface area (Å²) in [5.74, 6) is 0.803. The van der Waals surface area contributed by atoms with Gasteiger partial charge in [0.25, 0.3) is 0 Å². The van der Waals surface area contributed by atoms with Crippen LogP contribution in [0, 0.1) is 5.92 Å². The fraction of sp³-hybridized carbons (Fsp3) is 0.647. The van der Waals surface area contributed by atoms with Crippen LogP contribution in [0.15, 0.2) is 36.0 Å². The van der Waals surface area contributed by atoms with Crippen LogP contribution in [0.4, 0.5) is 0 Å². The number of rotatable bonds is 4. The van der Waals surface area contributed by atoms with E-state index in [-0.39, 0.29) is 0 Å². The van der Waals surface area contributed by atoms with Gasteiger partial charge in [0.05, 0.1) is 0 Å². The third-order valence-electron chi connectivity index (χ3n) is 2.68. The number of hydrogen-bond acceptors (Lipinski definition) is 0.